The topological polar surface area (TPSA) is 47.1 Å². The van der Waals surface area contributed by atoms with Gasteiger partial charge in [0.05, 0.1) is 24.1 Å². The van der Waals surface area contributed by atoms with Gasteiger partial charge in [0.1, 0.15) is 11.5 Å². The number of hydrogen-bond acceptors (Lipinski definition) is 4. The second-order valence-corrected chi connectivity index (χ2v) is 6.76. The molecule has 1 aromatic carbocycles. The Morgan fingerprint density at radius 3 is 2.71 bits per heavy atom. The minimum Gasteiger partial charge on any atom is -0.464 e. The minimum absolute atomic E-state index is 0.634. The Kier molecular flexibility index (Phi) is 3.94. The summed E-state index contributed by atoms with van der Waals surface area (Å²) in [5.41, 5.74) is 1.92. The maximum absolute atomic E-state index is 5.98. The summed E-state index contributed by atoms with van der Waals surface area (Å²) < 4.78 is 5.98. The molecule has 0 N–H and O–H groups in total. The highest BCUT2D eigenvalue weighted by molar-refractivity contribution is 5.28. The summed E-state index contributed by atoms with van der Waals surface area (Å²) in [6, 6.07) is 14.2. The molecule has 2 atom stereocenters. The molecule has 0 saturated heterocycles. The van der Waals surface area contributed by atoms with Crippen LogP contribution in [0.15, 0.2) is 53.1 Å². The van der Waals surface area contributed by atoms with Crippen LogP contribution < -0.4 is 0 Å². The van der Waals surface area contributed by atoms with E-state index in [9.17, 15) is 0 Å². The lowest BCUT2D eigenvalue weighted by Gasteiger charge is -2.12. The van der Waals surface area contributed by atoms with Crippen LogP contribution >= 0.6 is 0 Å². The van der Waals surface area contributed by atoms with Gasteiger partial charge in [0.2, 0.25) is 0 Å². The van der Waals surface area contributed by atoms with E-state index in [0.29, 0.717) is 5.92 Å². The van der Waals surface area contributed by atoms with E-state index in [1.807, 2.05) is 36.5 Å². The zero-order valence-corrected chi connectivity index (χ0v) is 14.1. The van der Waals surface area contributed by atoms with Crippen molar-refractivity contribution in [1.82, 2.24) is 19.9 Å². The molecule has 124 valence electrons. The molecule has 3 aromatic rings. The van der Waals surface area contributed by atoms with Crippen molar-refractivity contribution in [2.45, 2.75) is 32.4 Å². The predicted molar refractivity (Wildman–Crippen MR) is 91.8 cm³/mol. The van der Waals surface area contributed by atoms with Gasteiger partial charge < -0.3 is 4.42 Å². The average molecular weight is 322 g/mol. The SMILES string of the molecule is C[C@H]1C[C@@H]1c1ccc(CN(C)Cc2cnn(-c3ccccc3)n2)o1. The van der Waals surface area contributed by atoms with Gasteiger partial charge in [0, 0.05) is 12.5 Å². The molecular formula is C19H22N4O. The van der Waals surface area contributed by atoms with E-state index in [1.54, 1.807) is 4.80 Å². The van der Waals surface area contributed by atoms with Gasteiger partial charge >= 0.3 is 0 Å². The molecule has 0 unspecified atom stereocenters. The van der Waals surface area contributed by atoms with E-state index < -0.39 is 0 Å². The molecule has 0 aliphatic heterocycles. The van der Waals surface area contributed by atoms with E-state index in [1.165, 1.54) is 6.42 Å². The molecule has 1 aliphatic rings. The highest BCUT2D eigenvalue weighted by atomic mass is 16.3. The molecule has 5 nitrogen and oxygen atoms in total. The van der Waals surface area contributed by atoms with Crippen LogP contribution in [0.25, 0.3) is 5.69 Å². The highest BCUT2D eigenvalue weighted by Crippen LogP contribution is 2.47. The Morgan fingerprint density at radius 1 is 1.17 bits per heavy atom. The Hall–Kier alpha value is -2.40. The molecule has 0 spiro atoms. The zero-order chi connectivity index (χ0) is 16.5. The van der Waals surface area contributed by atoms with E-state index in [0.717, 1.165) is 41.9 Å². The summed E-state index contributed by atoms with van der Waals surface area (Å²) in [5.74, 6) is 3.56. The fourth-order valence-corrected chi connectivity index (χ4v) is 3.05. The van der Waals surface area contributed by atoms with E-state index >= 15 is 0 Å². The molecule has 24 heavy (non-hydrogen) atoms. The molecule has 0 radical (unpaired) electrons. The molecule has 1 aliphatic carbocycles. The molecule has 4 rings (SSSR count). The van der Waals surface area contributed by atoms with Crippen molar-refractivity contribution in [2.24, 2.45) is 5.92 Å². The Morgan fingerprint density at radius 2 is 1.96 bits per heavy atom. The third-order valence-electron chi connectivity index (χ3n) is 4.54. The third-order valence-corrected chi connectivity index (χ3v) is 4.54. The van der Waals surface area contributed by atoms with Gasteiger partial charge in [-0.25, -0.2) is 0 Å². The first kappa shape index (κ1) is 15.1. The Bertz CT molecular complexity index is 808. The van der Waals surface area contributed by atoms with Crippen molar-refractivity contribution in [3.8, 4) is 5.69 Å². The quantitative estimate of drug-likeness (QED) is 0.695. The van der Waals surface area contributed by atoms with Crippen LogP contribution in [-0.2, 0) is 13.1 Å². The van der Waals surface area contributed by atoms with Gasteiger partial charge in [-0.05, 0) is 43.7 Å². The van der Waals surface area contributed by atoms with Crippen LogP contribution in [0, 0.1) is 5.92 Å². The smallest absolute Gasteiger partial charge is 0.118 e. The van der Waals surface area contributed by atoms with Crippen LogP contribution in [0.1, 0.15) is 36.5 Å². The van der Waals surface area contributed by atoms with Gasteiger partial charge in [-0.15, -0.1) is 0 Å². The summed E-state index contributed by atoms with van der Waals surface area (Å²) in [6.45, 7) is 3.79. The molecule has 0 bridgehead atoms. The van der Waals surface area contributed by atoms with Gasteiger partial charge in [0.25, 0.3) is 0 Å². The van der Waals surface area contributed by atoms with E-state index in [2.05, 4.69) is 41.2 Å². The maximum Gasteiger partial charge on any atom is 0.118 e. The molecule has 0 amide bonds. The Balaban J connectivity index is 1.37. The minimum atomic E-state index is 0.634. The first-order valence-corrected chi connectivity index (χ1v) is 8.43. The van der Waals surface area contributed by atoms with Crippen molar-refractivity contribution < 1.29 is 4.42 Å². The number of rotatable bonds is 6. The largest absolute Gasteiger partial charge is 0.464 e. The van der Waals surface area contributed by atoms with Crippen molar-refractivity contribution in [1.29, 1.82) is 0 Å². The summed E-state index contributed by atoms with van der Waals surface area (Å²) >= 11 is 0. The average Bonchev–Trinajstić information content (AvgIpc) is 2.99. The lowest BCUT2D eigenvalue weighted by atomic mass is 10.3. The van der Waals surface area contributed by atoms with Crippen molar-refractivity contribution in [3.63, 3.8) is 0 Å². The standard InChI is InChI=1S/C19H22N4O/c1-14-10-18(14)19-9-8-17(24-19)13-22(2)12-15-11-20-23(21-15)16-6-4-3-5-7-16/h3-9,11,14,18H,10,12-13H2,1-2H3/t14-,18-/m0/s1. The van der Waals surface area contributed by atoms with Crippen LogP contribution in [0.2, 0.25) is 0 Å². The van der Waals surface area contributed by atoms with Gasteiger partial charge in [-0.3, -0.25) is 4.90 Å². The van der Waals surface area contributed by atoms with Crippen molar-refractivity contribution >= 4 is 0 Å². The van der Waals surface area contributed by atoms with Crippen LogP contribution in [-0.4, -0.2) is 26.9 Å². The van der Waals surface area contributed by atoms with Crippen LogP contribution in [0.5, 0.6) is 0 Å². The highest BCUT2D eigenvalue weighted by Gasteiger charge is 2.36. The normalized spacial score (nSPS) is 19.8. The van der Waals surface area contributed by atoms with Crippen molar-refractivity contribution in [2.75, 3.05) is 7.05 Å². The zero-order valence-electron chi connectivity index (χ0n) is 14.1. The first-order valence-electron chi connectivity index (χ1n) is 8.43. The third kappa shape index (κ3) is 3.26. The lowest BCUT2D eigenvalue weighted by molar-refractivity contribution is 0.280. The molecule has 5 heteroatoms. The summed E-state index contributed by atoms with van der Waals surface area (Å²) in [7, 11) is 2.07. The Labute approximate surface area is 141 Å². The fourth-order valence-electron chi connectivity index (χ4n) is 3.05. The van der Waals surface area contributed by atoms with E-state index in [4.69, 9.17) is 4.42 Å². The second-order valence-electron chi connectivity index (χ2n) is 6.76. The molecular weight excluding hydrogens is 300 g/mol. The number of para-hydroxylation sites is 1. The maximum atomic E-state index is 5.98. The number of hydrogen-bond donors (Lipinski definition) is 0. The number of aromatic nitrogens is 3. The summed E-state index contributed by atoms with van der Waals surface area (Å²) in [4.78, 5) is 3.86. The molecule has 2 heterocycles. The monoisotopic (exact) mass is 322 g/mol. The van der Waals surface area contributed by atoms with Crippen LogP contribution in [0.3, 0.4) is 0 Å². The van der Waals surface area contributed by atoms with E-state index in [-0.39, 0.29) is 0 Å². The van der Waals surface area contributed by atoms with Crippen molar-refractivity contribution in [3.05, 3.63) is 65.9 Å². The molecule has 1 fully saturated rings. The van der Waals surface area contributed by atoms with Gasteiger partial charge in [-0.2, -0.15) is 15.0 Å². The molecule has 1 saturated carbocycles. The summed E-state index contributed by atoms with van der Waals surface area (Å²) in [5, 5.41) is 8.89. The lowest BCUT2D eigenvalue weighted by Crippen LogP contribution is -2.17. The van der Waals surface area contributed by atoms with Crippen LogP contribution in [0.4, 0.5) is 0 Å². The number of furan rings is 1. The molecule has 2 aromatic heterocycles. The van der Waals surface area contributed by atoms with Gasteiger partial charge in [-0.1, -0.05) is 25.1 Å². The number of benzene rings is 1. The first-order chi connectivity index (χ1) is 11.7. The summed E-state index contributed by atoms with van der Waals surface area (Å²) in [6.07, 6.45) is 3.08. The number of nitrogens with zero attached hydrogens (tertiary/aromatic N) is 4. The second kappa shape index (κ2) is 6.24. The predicted octanol–water partition coefficient (Wildman–Crippen LogP) is 3.62. The van der Waals surface area contributed by atoms with Gasteiger partial charge in [0.15, 0.2) is 0 Å². The fraction of sp³-hybridized carbons (Fsp3) is 0.368.